The smallest absolute Gasteiger partial charge is 0.304 e. The van der Waals surface area contributed by atoms with Gasteiger partial charge >= 0.3 is 5.97 Å². The van der Waals surface area contributed by atoms with Crippen LogP contribution >= 0.6 is 0 Å². The Balaban J connectivity index is 1.80. The third kappa shape index (κ3) is 6.19. The highest BCUT2D eigenvalue weighted by atomic mass is 32.2. The number of carboxylic acids is 1. The van der Waals surface area contributed by atoms with Crippen molar-refractivity contribution in [1.82, 2.24) is 20.1 Å². The number of hydrogen-bond acceptors (Lipinski definition) is 5. The van der Waals surface area contributed by atoms with Crippen molar-refractivity contribution >= 4 is 28.4 Å². The summed E-state index contributed by atoms with van der Waals surface area (Å²) in [6.07, 6.45) is 6.69. The van der Waals surface area contributed by atoms with Crippen LogP contribution in [0, 0.1) is 5.82 Å². The van der Waals surface area contributed by atoms with E-state index in [0.29, 0.717) is 16.4 Å². The number of halogens is 1. The molecule has 0 aliphatic carbocycles. The monoisotopic (exact) mass is 494 g/mol. The predicted octanol–water partition coefficient (Wildman–Crippen LogP) is 4.90. The number of nitrogens with zero attached hydrogens (tertiary/aromatic N) is 3. The minimum atomic E-state index is -1.50. The molecule has 3 aromatic rings. The molecule has 182 valence electrons. The normalized spacial score (nSPS) is 13.2. The van der Waals surface area contributed by atoms with Crippen molar-refractivity contribution in [3.05, 3.63) is 96.4 Å². The first kappa shape index (κ1) is 25.8. The van der Waals surface area contributed by atoms with Crippen LogP contribution in [0.2, 0.25) is 0 Å². The summed E-state index contributed by atoms with van der Waals surface area (Å²) in [5.74, 6) is -1.32. The van der Waals surface area contributed by atoms with E-state index in [2.05, 4.69) is 28.6 Å². The third-order valence-corrected chi connectivity index (χ3v) is 6.62. The van der Waals surface area contributed by atoms with Crippen LogP contribution in [0.4, 0.5) is 4.39 Å². The van der Waals surface area contributed by atoms with E-state index in [-0.39, 0.29) is 24.0 Å². The lowest BCUT2D eigenvalue weighted by atomic mass is 10.0. The summed E-state index contributed by atoms with van der Waals surface area (Å²) >= 11 is 0. The minimum absolute atomic E-state index is 0.00536. The SMILES string of the molecule is C=Cc1c(/C(=C\C)C(=C)NC(C)c2ccnc(S(=O)CCC(=O)O)c2)cnn1-c1ccc(F)cc1. The highest BCUT2D eigenvalue weighted by Crippen LogP contribution is 2.28. The fourth-order valence-electron chi connectivity index (χ4n) is 3.57. The summed E-state index contributed by atoms with van der Waals surface area (Å²) in [6.45, 7) is 12.0. The first-order chi connectivity index (χ1) is 16.7. The van der Waals surface area contributed by atoms with E-state index in [0.717, 1.165) is 22.4 Å². The Morgan fingerprint density at radius 2 is 2.03 bits per heavy atom. The lowest BCUT2D eigenvalue weighted by Gasteiger charge is -2.20. The second kappa shape index (κ2) is 11.5. The van der Waals surface area contributed by atoms with Crippen molar-refractivity contribution in [2.45, 2.75) is 31.3 Å². The van der Waals surface area contributed by atoms with Gasteiger partial charge in [0.05, 0.1) is 34.8 Å². The first-order valence-corrected chi connectivity index (χ1v) is 12.2. The number of nitrogens with one attached hydrogen (secondary N) is 1. The van der Waals surface area contributed by atoms with Gasteiger partial charge in [-0.25, -0.2) is 14.1 Å². The van der Waals surface area contributed by atoms with E-state index < -0.39 is 16.8 Å². The van der Waals surface area contributed by atoms with E-state index in [4.69, 9.17) is 5.11 Å². The molecule has 2 atom stereocenters. The van der Waals surface area contributed by atoms with Gasteiger partial charge in [-0.1, -0.05) is 19.2 Å². The second-order valence-electron chi connectivity index (χ2n) is 7.70. The number of allylic oxidation sites excluding steroid dienone is 2. The molecule has 0 aliphatic rings. The van der Waals surface area contributed by atoms with Gasteiger partial charge in [-0.3, -0.25) is 9.00 Å². The van der Waals surface area contributed by atoms with E-state index in [1.54, 1.807) is 47.4 Å². The van der Waals surface area contributed by atoms with E-state index in [1.165, 1.54) is 12.1 Å². The van der Waals surface area contributed by atoms with Crippen LogP contribution in [-0.2, 0) is 15.6 Å². The fraction of sp³-hybridized carbons (Fsp3) is 0.192. The van der Waals surface area contributed by atoms with Crippen molar-refractivity contribution in [3.8, 4) is 5.69 Å². The predicted molar refractivity (Wildman–Crippen MR) is 136 cm³/mol. The van der Waals surface area contributed by atoms with E-state index in [1.807, 2.05) is 19.9 Å². The van der Waals surface area contributed by atoms with Crippen molar-refractivity contribution in [3.63, 3.8) is 0 Å². The molecular weight excluding hydrogens is 467 g/mol. The summed E-state index contributed by atoms with van der Waals surface area (Å²) < 4.78 is 27.4. The van der Waals surface area contributed by atoms with Gasteiger partial charge in [0.15, 0.2) is 0 Å². The molecule has 0 fully saturated rings. The summed E-state index contributed by atoms with van der Waals surface area (Å²) in [7, 11) is -1.50. The van der Waals surface area contributed by atoms with Crippen molar-refractivity contribution < 1.29 is 18.5 Å². The summed E-state index contributed by atoms with van der Waals surface area (Å²) in [4.78, 5) is 14.9. The number of pyridine rings is 1. The number of carboxylic acid groups (broad SMARTS) is 1. The van der Waals surface area contributed by atoms with Crippen molar-refractivity contribution in [2.75, 3.05) is 5.75 Å². The Bertz CT molecular complexity index is 1300. The quantitative estimate of drug-likeness (QED) is 0.368. The number of rotatable bonds is 11. The molecule has 1 aromatic carbocycles. The second-order valence-corrected chi connectivity index (χ2v) is 9.22. The summed E-state index contributed by atoms with van der Waals surface area (Å²) in [5, 5.41) is 17.0. The molecule has 3 rings (SSSR count). The molecule has 0 aliphatic heterocycles. The largest absolute Gasteiger partial charge is 0.481 e. The van der Waals surface area contributed by atoms with Crippen LogP contribution in [-0.4, -0.2) is 35.8 Å². The highest BCUT2D eigenvalue weighted by Gasteiger charge is 2.18. The molecule has 0 saturated heterocycles. The molecule has 2 heterocycles. The molecule has 0 amide bonds. The zero-order valence-corrected chi connectivity index (χ0v) is 20.4. The molecule has 2 unspecified atom stereocenters. The maximum absolute atomic E-state index is 13.4. The lowest BCUT2D eigenvalue weighted by Crippen LogP contribution is -2.19. The molecule has 9 heteroatoms. The van der Waals surface area contributed by atoms with Gasteiger partial charge in [-0.2, -0.15) is 5.10 Å². The van der Waals surface area contributed by atoms with E-state index >= 15 is 0 Å². The molecule has 2 aromatic heterocycles. The van der Waals surface area contributed by atoms with Gasteiger partial charge in [0, 0.05) is 34.8 Å². The Labute approximate surface area is 206 Å². The number of hydrogen-bond donors (Lipinski definition) is 2. The maximum atomic E-state index is 13.4. The van der Waals surface area contributed by atoms with Gasteiger partial charge in [-0.15, -0.1) is 0 Å². The highest BCUT2D eigenvalue weighted by molar-refractivity contribution is 7.85. The van der Waals surface area contributed by atoms with Crippen LogP contribution in [0.1, 0.15) is 43.1 Å². The lowest BCUT2D eigenvalue weighted by molar-refractivity contribution is -0.136. The zero-order chi connectivity index (χ0) is 25.5. The molecule has 0 saturated carbocycles. The van der Waals surface area contributed by atoms with Crippen molar-refractivity contribution in [1.29, 1.82) is 0 Å². The van der Waals surface area contributed by atoms with Gasteiger partial charge in [-0.05, 0) is 61.9 Å². The van der Waals surface area contributed by atoms with Crippen LogP contribution in [0.15, 0.2) is 78.7 Å². The van der Waals surface area contributed by atoms with Gasteiger partial charge in [0.1, 0.15) is 10.8 Å². The number of carbonyl (C=O) groups is 1. The molecule has 2 N–H and O–H groups in total. The fourth-order valence-corrected chi connectivity index (χ4v) is 4.58. The first-order valence-electron chi connectivity index (χ1n) is 10.9. The standard InChI is InChI=1S/C26H27FN4O3S/c1-5-22(23-16-29-31(24(23)6-2)21-9-7-20(27)8-10-21)18(4)30-17(3)19-11-13-28-25(15-19)35(34)14-12-26(32)33/h5-11,13,15-17,30H,2,4,12,14H2,1,3H3,(H,32,33)/b22-5-. The van der Waals surface area contributed by atoms with Crippen LogP contribution in [0.3, 0.4) is 0 Å². The van der Waals surface area contributed by atoms with Crippen LogP contribution < -0.4 is 5.32 Å². The molecule has 0 bridgehead atoms. The molecule has 0 radical (unpaired) electrons. The van der Waals surface area contributed by atoms with Crippen LogP contribution in [0.5, 0.6) is 0 Å². The Hall–Kier alpha value is -3.85. The van der Waals surface area contributed by atoms with E-state index in [9.17, 15) is 13.4 Å². The third-order valence-electron chi connectivity index (χ3n) is 5.36. The number of aliphatic carboxylic acids is 1. The Kier molecular flexibility index (Phi) is 8.48. The molecule has 35 heavy (non-hydrogen) atoms. The van der Waals surface area contributed by atoms with Gasteiger partial charge < -0.3 is 10.4 Å². The minimum Gasteiger partial charge on any atom is -0.481 e. The molecular formula is C26H27FN4O3S. The molecule has 7 nitrogen and oxygen atoms in total. The van der Waals surface area contributed by atoms with Crippen molar-refractivity contribution in [2.24, 2.45) is 0 Å². The average Bonchev–Trinajstić information content (AvgIpc) is 3.27. The van der Waals surface area contributed by atoms with Crippen LogP contribution in [0.25, 0.3) is 17.3 Å². The van der Waals surface area contributed by atoms with Gasteiger partial charge in [0.25, 0.3) is 0 Å². The number of benzene rings is 1. The topological polar surface area (TPSA) is 97.1 Å². The summed E-state index contributed by atoms with van der Waals surface area (Å²) in [6, 6.07) is 9.35. The Morgan fingerprint density at radius 3 is 2.66 bits per heavy atom. The average molecular weight is 495 g/mol. The van der Waals surface area contributed by atoms with Gasteiger partial charge in [0.2, 0.25) is 0 Å². The molecule has 0 spiro atoms. The Morgan fingerprint density at radius 1 is 1.31 bits per heavy atom. The maximum Gasteiger partial charge on any atom is 0.304 e. The summed E-state index contributed by atoms with van der Waals surface area (Å²) in [5.41, 5.74) is 4.55. The number of aromatic nitrogens is 3. The zero-order valence-electron chi connectivity index (χ0n) is 19.6.